The van der Waals surface area contributed by atoms with E-state index in [1.54, 1.807) is 6.92 Å². The second-order valence-corrected chi connectivity index (χ2v) is 5.13. The molecule has 7 nitrogen and oxygen atoms in total. The van der Waals surface area contributed by atoms with Gasteiger partial charge in [-0.1, -0.05) is 12.8 Å². The molecule has 0 amide bonds. The van der Waals surface area contributed by atoms with E-state index in [-0.39, 0.29) is 11.4 Å². The van der Waals surface area contributed by atoms with Gasteiger partial charge in [-0.15, -0.1) is 0 Å². The molecule has 0 bridgehead atoms. The van der Waals surface area contributed by atoms with Crippen LogP contribution in [-0.2, 0) is 15.0 Å². The lowest BCUT2D eigenvalue weighted by Crippen LogP contribution is -2.43. The van der Waals surface area contributed by atoms with Crippen molar-refractivity contribution in [2.24, 2.45) is 0 Å². The molecule has 0 aliphatic carbocycles. The molecule has 0 unspecified atom stereocenters. The van der Waals surface area contributed by atoms with Crippen molar-refractivity contribution in [3.8, 4) is 6.07 Å². The summed E-state index contributed by atoms with van der Waals surface area (Å²) in [7, 11) is 0. The van der Waals surface area contributed by atoms with Crippen LogP contribution in [0, 0.1) is 18.3 Å². The molecule has 0 atom stereocenters. The molecule has 1 rings (SSSR count). The molecule has 20 heavy (non-hydrogen) atoms. The highest BCUT2D eigenvalue weighted by molar-refractivity contribution is 7.06. The van der Waals surface area contributed by atoms with E-state index in [0.717, 1.165) is 11.5 Å². The summed E-state index contributed by atoms with van der Waals surface area (Å²) in [5.74, 6) is -2.50. The van der Waals surface area contributed by atoms with Crippen LogP contribution in [0.5, 0.6) is 0 Å². The third kappa shape index (κ3) is 3.30. The lowest BCUT2D eigenvalue weighted by Gasteiger charge is -2.21. The number of nitrogens with zero attached hydrogens (tertiary/aromatic N) is 3. The van der Waals surface area contributed by atoms with Crippen LogP contribution in [0.2, 0.25) is 0 Å². The highest BCUT2D eigenvalue weighted by Gasteiger charge is 2.50. The number of aromatic nitrogens is 2. The Kier molecular flexibility index (Phi) is 5.58. The fourth-order valence-corrected chi connectivity index (χ4v) is 2.70. The van der Waals surface area contributed by atoms with Gasteiger partial charge in [0.25, 0.3) is 0 Å². The molecule has 0 saturated carbocycles. The van der Waals surface area contributed by atoms with Crippen LogP contribution < -0.4 is 0 Å². The maximum atomic E-state index is 11.5. The SMILES string of the molecule is Cc1nsc(C(CCCCCC#N)(C(=O)O)C(=O)O)n1. The molecule has 0 radical (unpaired) electrons. The van der Waals surface area contributed by atoms with Crippen LogP contribution in [0.1, 0.15) is 42.9 Å². The summed E-state index contributed by atoms with van der Waals surface area (Å²) in [6.07, 6.45) is 1.95. The van der Waals surface area contributed by atoms with Gasteiger partial charge in [-0.25, -0.2) is 4.98 Å². The Morgan fingerprint density at radius 2 is 1.95 bits per heavy atom. The van der Waals surface area contributed by atoms with E-state index in [9.17, 15) is 19.8 Å². The minimum atomic E-state index is -2.04. The van der Waals surface area contributed by atoms with E-state index in [0.29, 0.717) is 31.5 Å². The zero-order valence-corrected chi connectivity index (χ0v) is 11.8. The highest BCUT2D eigenvalue weighted by atomic mass is 32.1. The first-order valence-electron chi connectivity index (χ1n) is 6.09. The first-order valence-corrected chi connectivity index (χ1v) is 6.87. The van der Waals surface area contributed by atoms with E-state index in [1.807, 2.05) is 6.07 Å². The average molecular weight is 297 g/mol. The average Bonchev–Trinajstić information content (AvgIpc) is 2.80. The first kappa shape index (κ1) is 16.0. The number of rotatable bonds is 8. The molecule has 8 heteroatoms. The summed E-state index contributed by atoms with van der Waals surface area (Å²) in [6, 6.07) is 1.99. The number of aliphatic carboxylic acids is 2. The molecule has 0 aliphatic heterocycles. The van der Waals surface area contributed by atoms with Crippen LogP contribution in [0.15, 0.2) is 0 Å². The van der Waals surface area contributed by atoms with E-state index in [1.165, 1.54) is 0 Å². The van der Waals surface area contributed by atoms with Gasteiger partial charge in [0.15, 0.2) is 0 Å². The van der Waals surface area contributed by atoms with Crippen LogP contribution in [0.3, 0.4) is 0 Å². The fraction of sp³-hybridized carbons (Fsp3) is 0.583. The molecule has 0 saturated heterocycles. The van der Waals surface area contributed by atoms with Gasteiger partial charge in [0.1, 0.15) is 10.8 Å². The van der Waals surface area contributed by atoms with Crippen molar-refractivity contribution >= 4 is 23.5 Å². The number of nitriles is 1. The normalized spacial score (nSPS) is 11.0. The fourth-order valence-electron chi connectivity index (χ4n) is 1.84. The van der Waals surface area contributed by atoms with Crippen LogP contribution >= 0.6 is 11.5 Å². The van der Waals surface area contributed by atoms with Crippen molar-refractivity contribution in [1.82, 2.24) is 9.36 Å². The second kappa shape index (κ2) is 6.96. The Morgan fingerprint density at radius 3 is 2.40 bits per heavy atom. The zero-order chi connectivity index (χ0) is 15.2. The molecule has 1 heterocycles. The summed E-state index contributed by atoms with van der Waals surface area (Å²) in [4.78, 5) is 26.9. The van der Waals surface area contributed by atoms with Gasteiger partial charge in [-0.2, -0.15) is 9.64 Å². The van der Waals surface area contributed by atoms with Crippen molar-refractivity contribution in [1.29, 1.82) is 5.26 Å². The van der Waals surface area contributed by atoms with Crippen molar-refractivity contribution in [2.75, 3.05) is 0 Å². The maximum absolute atomic E-state index is 11.5. The van der Waals surface area contributed by atoms with Gasteiger partial charge < -0.3 is 10.2 Å². The van der Waals surface area contributed by atoms with Crippen molar-refractivity contribution in [3.05, 3.63) is 10.8 Å². The summed E-state index contributed by atoms with van der Waals surface area (Å²) in [5.41, 5.74) is -2.04. The Labute approximate surface area is 120 Å². The number of carbonyl (C=O) groups is 2. The number of unbranched alkanes of at least 4 members (excludes halogenated alkanes) is 3. The van der Waals surface area contributed by atoms with E-state index >= 15 is 0 Å². The Hall–Kier alpha value is -2.01. The second-order valence-electron chi connectivity index (χ2n) is 4.38. The number of carboxylic acids is 2. The van der Waals surface area contributed by atoms with E-state index in [2.05, 4.69) is 9.36 Å². The minimum absolute atomic E-state index is 0.00437. The summed E-state index contributed by atoms with van der Waals surface area (Å²) in [5, 5.41) is 27.2. The molecular weight excluding hydrogens is 282 g/mol. The van der Waals surface area contributed by atoms with Crippen LogP contribution in [0.4, 0.5) is 0 Å². The monoisotopic (exact) mass is 297 g/mol. The number of aryl methyl sites for hydroxylation is 1. The van der Waals surface area contributed by atoms with Crippen molar-refractivity contribution in [2.45, 2.75) is 44.4 Å². The van der Waals surface area contributed by atoms with Gasteiger partial charge in [0.2, 0.25) is 5.41 Å². The third-order valence-electron chi connectivity index (χ3n) is 2.96. The topological polar surface area (TPSA) is 124 Å². The zero-order valence-electron chi connectivity index (χ0n) is 11.0. The molecule has 0 spiro atoms. The molecule has 1 aromatic heterocycles. The summed E-state index contributed by atoms with van der Waals surface area (Å²) >= 11 is 0.806. The molecule has 1 aromatic rings. The van der Waals surface area contributed by atoms with Crippen LogP contribution in [0.25, 0.3) is 0 Å². The Balaban J connectivity index is 2.93. The van der Waals surface area contributed by atoms with E-state index in [4.69, 9.17) is 5.26 Å². The maximum Gasteiger partial charge on any atom is 0.328 e. The quantitative estimate of drug-likeness (QED) is 0.553. The number of carboxylic acid groups (broad SMARTS) is 2. The van der Waals surface area contributed by atoms with E-state index < -0.39 is 17.4 Å². The predicted molar refractivity (Wildman–Crippen MR) is 70.3 cm³/mol. The van der Waals surface area contributed by atoms with Gasteiger partial charge in [0, 0.05) is 6.42 Å². The first-order chi connectivity index (χ1) is 9.45. The van der Waals surface area contributed by atoms with Crippen molar-refractivity contribution in [3.63, 3.8) is 0 Å². The molecule has 0 fully saturated rings. The molecule has 108 valence electrons. The smallest absolute Gasteiger partial charge is 0.328 e. The molecule has 0 aromatic carbocycles. The molecule has 2 N–H and O–H groups in total. The van der Waals surface area contributed by atoms with Crippen LogP contribution in [-0.4, -0.2) is 31.5 Å². The summed E-state index contributed by atoms with van der Waals surface area (Å²) in [6.45, 7) is 1.58. The minimum Gasteiger partial charge on any atom is -0.480 e. The molecule has 0 aliphatic rings. The molecular formula is C12H15N3O4S. The van der Waals surface area contributed by atoms with Gasteiger partial charge in [-0.05, 0) is 31.3 Å². The standard InChI is InChI=1S/C12H15N3O4S/c1-8-14-9(20-15-8)12(10(16)17,11(18)19)6-4-2-3-5-7-13/h2-6H2,1H3,(H,16,17)(H,18,19). The number of hydrogen-bond acceptors (Lipinski definition) is 6. The highest BCUT2D eigenvalue weighted by Crippen LogP contribution is 2.32. The van der Waals surface area contributed by atoms with Gasteiger partial charge >= 0.3 is 11.9 Å². The third-order valence-corrected chi connectivity index (χ3v) is 3.93. The largest absolute Gasteiger partial charge is 0.480 e. The van der Waals surface area contributed by atoms with Gasteiger partial charge in [-0.3, -0.25) is 9.59 Å². The lowest BCUT2D eigenvalue weighted by atomic mass is 9.83. The van der Waals surface area contributed by atoms with Gasteiger partial charge in [0.05, 0.1) is 6.07 Å². The number of hydrogen-bond donors (Lipinski definition) is 2. The summed E-state index contributed by atoms with van der Waals surface area (Å²) < 4.78 is 3.87. The predicted octanol–water partition coefficient (Wildman–Crippen LogP) is 1.73. The van der Waals surface area contributed by atoms with Crippen molar-refractivity contribution < 1.29 is 19.8 Å². The Bertz CT molecular complexity index is 521. The lowest BCUT2D eigenvalue weighted by molar-refractivity contribution is -0.158. The Morgan fingerprint density at radius 1 is 1.30 bits per heavy atom.